The number of rotatable bonds is 2. The van der Waals surface area contributed by atoms with Gasteiger partial charge in [0.05, 0.1) is 21.4 Å². The second-order valence-electron chi connectivity index (χ2n) is 2.83. The van der Waals surface area contributed by atoms with E-state index < -0.39 is 0 Å². The van der Waals surface area contributed by atoms with E-state index in [1.807, 2.05) is 18.2 Å². The molecule has 0 unspecified atom stereocenters. The lowest BCUT2D eigenvalue weighted by atomic mass is 10.3. The highest BCUT2D eigenvalue weighted by atomic mass is 32.1. The van der Waals surface area contributed by atoms with Crippen molar-refractivity contribution < 1.29 is 0 Å². The second kappa shape index (κ2) is 4.39. The van der Waals surface area contributed by atoms with Gasteiger partial charge in [0.25, 0.3) is 0 Å². The molecule has 0 aliphatic rings. The zero-order chi connectivity index (χ0) is 11.4. The molecule has 0 aliphatic heterocycles. The average Bonchev–Trinajstić information content (AvgIpc) is 2.77. The van der Waals surface area contributed by atoms with Gasteiger partial charge in [0, 0.05) is 0 Å². The number of anilines is 1. The number of thiazole rings is 1. The van der Waals surface area contributed by atoms with Crippen molar-refractivity contribution in [1.82, 2.24) is 4.98 Å². The average molecular weight is 227 g/mol. The number of nitrogens with zero attached hydrogens (tertiary/aromatic N) is 4. The van der Waals surface area contributed by atoms with Gasteiger partial charge in [0.1, 0.15) is 12.1 Å². The van der Waals surface area contributed by atoms with E-state index in [1.54, 1.807) is 29.0 Å². The monoisotopic (exact) mass is 227 g/mol. The summed E-state index contributed by atoms with van der Waals surface area (Å²) in [5, 5.41) is 20.6. The molecule has 0 saturated heterocycles. The van der Waals surface area contributed by atoms with Crippen molar-refractivity contribution in [3.8, 4) is 12.1 Å². The molecule has 6 heteroatoms. The van der Waals surface area contributed by atoms with Gasteiger partial charge < -0.3 is 0 Å². The van der Waals surface area contributed by atoms with Crippen LogP contribution in [0.4, 0.5) is 5.69 Å². The Kier molecular flexibility index (Phi) is 2.77. The molecule has 0 aliphatic carbocycles. The van der Waals surface area contributed by atoms with Gasteiger partial charge in [0.2, 0.25) is 5.71 Å². The van der Waals surface area contributed by atoms with Crippen LogP contribution in [0.5, 0.6) is 0 Å². The second-order valence-corrected chi connectivity index (χ2v) is 3.72. The van der Waals surface area contributed by atoms with Gasteiger partial charge in [-0.25, -0.2) is 4.98 Å². The number of fused-ring (bicyclic) bond motifs is 1. The van der Waals surface area contributed by atoms with Gasteiger partial charge in [-0.1, -0.05) is 0 Å². The molecule has 0 bridgehead atoms. The highest BCUT2D eigenvalue weighted by molar-refractivity contribution is 7.16. The molecule has 0 amide bonds. The molecule has 0 saturated carbocycles. The smallest absolute Gasteiger partial charge is 0.237 e. The highest BCUT2D eigenvalue weighted by Gasteiger charge is 1.98. The number of hydrogen-bond donors (Lipinski definition) is 1. The van der Waals surface area contributed by atoms with Crippen LogP contribution in [0.25, 0.3) is 10.2 Å². The molecule has 0 spiro atoms. The number of benzene rings is 1. The summed E-state index contributed by atoms with van der Waals surface area (Å²) in [5.74, 6) is 0. The topological polar surface area (TPSA) is 84.9 Å². The summed E-state index contributed by atoms with van der Waals surface area (Å²) in [5.41, 5.74) is 5.74. The Bertz CT molecular complexity index is 612. The molecule has 1 aromatic heterocycles. The Morgan fingerprint density at radius 2 is 2.19 bits per heavy atom. The first kappa shape index (κ1) is 10.1. The van der Waals surface area contributed by atoms with Crippen LogP contribution < -0.4 is 5.43 Å². The van der Waals surface area contributed by atoms with E-state index >= 15 is 0 Å². The zero-order valence-corrected chi connectivity index (χ0v) is 8.82. The summed E-state index contributed by atoms with van der Waals surface area (Å²) in [6, 6.07) is 8.86. The molecule has 0 fully saturated rings. The first-order chi connectivity index (χ1) is 7.83. The minimum Gasteiger partial charge on any atom is -0.276 e. The molecule has 5 nitrogen and oxygen atoms in total. The first-order valence-electron chi connectivity index (χ1n) is 4.30. The molecular weight excluding hydrogens is 222 g/mol. The molecular formula is C10H5N5S. The van der Waals surface area contributed by atoms with Gasteiger partial charge in [-0.05, 0) is 18.2 Å². The summed E-state index contributed by atoms with van der Waals surface area (Å²) in [7, 11) is 0. The number of aromatic nitrogens is 1. The SMILES string of the molecule is N#CC(C#N)=NNc1ccc2scnc2c1. The van der Waals surface area contributed by atoms with E-state index in [0.717, 1.165) is 10.2 Å². The van der Waals surface area contributed by atoms with E-state index in [0.29, 0.717) is 5.69 Å². The molecule has 1 N–H and O–H groups in total. The Hall–Kier alpha value is -2.44. The Morgan fingerprint density at radius 3 is 2.94 bits per heavy atom. The maximum Gasteiger partial charge on any atom is 0.237 e. The molecule has 2 rings (SSSR count). The van der Waals surface area contributed by atoms with Crippen LogP contribution in [0.2, 0.25) is 0 Å². The molecule has 0 radical (unpaired) electrons. The van der Waals surface area contributed by atoms with Crippen LogP contribution in [-0.2, 0) is 0 Å². The van der Waals surface area contributed by atoms with Crippen LogP contribution in [0.15, 0.2) is 28.8 Å². The summed E-state index contributed by atoms with van der Waals surface area (Å²) >= 11 is 1.55. The van der Waals surface area contributed by atoms with Gasteiger partial charge in [-0.3, -0.25) is 5.43 Å². The van der Waals surface area contributed by atoms with Gasteiger partial charge in [-0.2, -0.15) is 15.6 Å². The molecule has 16 heavy (non-hydrogen) atoms. The van der Waals surface area contributed by atoms with Crippen molar-refractivity contribution in [2.75, 3.05) is 5.43 Å². The van der Waals surface area contributed by atoms with E-state index in [-0.39, 0.29) is 5.71 Å². The largest absolute Gasteiger partial charge is 0.276 e. The molecule has 0 atom stereocenters. The summed E-state index contributed by atoms with van der Waals surface area (Å²) < 4.78 is 1.08. The van der Waals surface area contributed by atoms with Crippen LogP contribution in [0.1, 0.15) is 0 Å². The van der Waals surface area contributed by atoms with Crippen molar-refractivity contribution >= 4 is 33.0 Å². The van der Waals surface area contributed by atoms with E-state index in [1.165, 1.54) is 0 Å². The first-order valence-corrected chi connectivity index (χ1v) is 5.18. The summed E-state index contributed by atoms with van der Waals surface area (Å²) in [6.45, 7) is 0. The third-order valence-corrected chi connectivity index (χ3v) is 2.65. The summed E-state index contributed by atoms with van der Waals surface area (Å²) in [6.07, 6.45) is 0. The van der Waals surface area contributed by atoms with Crippen molar-refractivity contribution in [2.24, 2.45) is 5.10 Å². The van der Waals surface area contributed by atoms with Gasteiger partial charge >= 0.3 is 0 Å². The zero-order valence-electron chi connectivity index (χ0n) is 8.01. The molecule has 1 aromatic carbocycles. The number of hydrogen-bond acceptors (Lipinski definition) is 6. The molecule has 1 heterocycles. The third kappa shape index (κ3) is 1.97. The summed E-state index contributed by atoms with van der Waals surface area (Å²) in [4.78, 5) is 4.15. The lowest BCUT2D eigenvalue weighted by molar-refractivity contribution is 1.34. The van der Waals surface area contributed by atoms with E-state index in [9.17, 15) is 0 Å². The van der Waals surface area contributed by atoms with Crippen molar-refractivity contribution in [1.29, 1.82) is 10.5 Å². The Morgan fingerprint density at radius 1 is 1.38 bits per heavy atom. The fourth-order valence-electron chi connectivity index (χ4n) is 1.12. The van der Waals surface area contributed by atoms with E-state index in [2.05, 4.69) is 15.5 Å². The minimum atomic E-state index is -0.210. The lowest BCUT2D eigenvalue weighted by Crippen LogP contribution is -1.95. The lowest BCUT2D eigenvalue weighted by Gasteiger charge is -1.98. The maximum atomic E-state index is 8.49. The fraction of sp³-hybridized carbons (Fsp3) is 0. The Labute approximate surface area is 95.3 Å². The predicted octanol–water partition coefficient (Wildman–Crippen LogP) is 2.11. The van der Waals surface area contributed by atoms with Crippen LogP contribution in [-0.4, -0.2) is 10.7 Å². The predicted molar refractivity (Wildman–Crippen MR) is 61.9 cm³/mol. The minimum absolute atomic E-state index is 0.210. The van der Waals surface area contributed by atoms with Crippen molar-refractivity contribution in [2.45, 2.75) is 0 Å². The van der Waals surface area contributed by atoms with Crippen LogP contribution in [0, 0.1) is 22.7 Å². The number of nitriles is 2. The normalized spacial score (nSPS) is 9.12. The van der Waals surface area contributed by atoms with Gasteiger partial charge in [-0.15, -0.1) is 11.3 Å². The van der Waals surface area contributed by atoms with Crippen LogP contribution in [0.3, 0.4) is 0 Å². The maximum absolute atomic E-state index is 8.49. The number of nitrogens with one attached hydrogen (secondary N) is 1. The third-order valence-electron chi connectivity index (χ3n) is 1.84. The highest BCUT2D eigenvalue weighted by Crippen LogP contribution is 2.21. The number of hydrazone groups is 1. The standard InChI is InChI=1S/C10H5N5S/c11-4-8(5-12)15-14-7-1-2-10-9(3-7)13-6-16-10/h1-3,6,14H. The van der Waals surface area contributed by atoms with E-state index in [4.69, 9.17) is 10.5 Å². The molecule has 76 valence electrons. The quantitative estimate of drug-likeness (QED) is 0.629. The van der Waals surface area contributed by atoms with Crippen molar-refractivity contribution in [3.05, 3.63) is 23.7 Å². The van der Waals surface area contributed by atoms with Gasteiger partial charge in [0.15, 0.2) is 0 Å². The fourth-order valence-corrected chi connectivity index (χ4v) is 1.78. The molecule has 2 aromatic rings. The van der Waals surface area contributed by atoms with Crippen LogP contribution >= 0.6 is 11.3 Å². The Balaban J connectivity index is 2.26. The van der Waals surface area contributed by atoms with Crippen molar-refractivity contribution in [3.63, 3.8) is 0 Å².